The van der Waals surface area contributed by atoms with Gasteiger partial charge in [-0.3, -0.25) is 4.79 Å². The minimum absolute atomic E-state index is 0.0126. The van der Waals surface area contributed by atoms with Crippen molar-refractivity contribution in [3.05, 3.63) is 29.8 Å². The van der Waals surface area contributed by atoms with Crippen LogP contribution in [-0.4, -0.2) is 50.3 Å². The number of nitrogens with one attached hydrogen (secondary N) is 1. The Balaban J connectivity index is 1.98. The molecule has 8 heteroatoms. The summed E-state index contributed by atoms with van der Waals surface area (Å²) in [7, 11) is -2.22. The highest BCUT2D eigenvalue weighted by Gasteiger charge is 2.25. The molecule has 1 aromatic carbocycles. The molecule has 2 unspecified atom stereocenters. The molecule has 1 aliphatic carbocycles. The van der Waals surface area contributed by atoms with Crippen molar-refractivity contribution in [2.45, 2.75) is 63.4 Å². The van der Waals surface area contributed by atoms with Crippen molar-refractivity contribution in [2.24, 2.45) is 5.92 Å². The van der Waals surface area contributed by atoms with Crippen LogP contribution in [0.25, 0.3) is 0 Å². The smallest absolute Gasteiger partial charge is 0.338 e. The SMILES string of the molecule is CC1CCCCC1NC(=O)COC(=O)c1cccc(S(=O)(=O)N(C)C(C)C)c1. The van der Waals surface area contributed by atoms with Gasteiger partial charge in [-0.05, 0) is 50.8 Å². The van der Waals surface area contributed by atoms with Crippen LogP contribution in [0.1, 0.15) is 56.8 Å². The van der Waals surface area contributed by atoms with Crippen molar-refractivity contribution in [3.8, 4) is 0 Å². The lowest BCUT2D eigenvalue weighted by molar-refractivity contribution is -0.125. The molecule has 0 spiro atoms. The average molecular weight is 411 g/mol. The van der Waals surface area contributed by atoms with Crippen molar-refractivity contribution in [1.82, 2.24) is 9.62 Å². The number of carbonyl (C=O) groups excluding carboxylic acids is 2. The van der Waals surface area contributed by atoms with Crippen molar-refractivity contribution in [1.29, 1.82) is 0 Å². The Hall–Kier alpha value is -1.93. The van der Waals surface area contributed by atoms with E-state index in [1.165, 1.54) is 42.0 Å². The first-order valence-corrected chi connectivity index (χ1v) is 11.1. The van der Waals surface area contributed by atoms with Gasteiger partial charge in [-0.1, -0.05) is 25.8 Å². The van der Waals surface area contributed by atoms with Gasteiger partial charge in [0.25, 0.3) is 5.91 Å². The van der Waals surface area contributed by atoms with Crippen molar-refractivity contribution in [2.75, 3.05) is 13.7 Å². The second kappa shape index (κ2) is 9.52. The number of rotatable bonds is 7. The van der Waals surface area contributed by atoms with E-state index in [1.807, 2.05) is 0 Å². The molecule has 2 rings (SSSR count). The van der Waals surface area contributed by atoms with Crippen molar-refractivity contribution < 1.29 is 22.7 Å². The molecule has 7 nitrogen and oxygen atoms in total. The molecule has 0 saturated heterocycles. The Morgan fingerprint density at radius 1 is 1.25 bits per heavy atom. The molecular formula is C20H30N2O5S. The number of esters is 1. The molecule has 0 aliphatic heterocycles. The Bertz CT molecular complexity index is 807. The maximum absolute atomic E-state index is 12.6. The van der Waals surface area contributed by atoms with Gasteiger partial charge in [0.05, 0.1) is 10.5 Å². The van der Waals surface area contributed by atoms with E-state index in [-0.39, 0.29) is 35.1 Å². The first-order valence-electron chi connectivity index (χ1n) is 9.67. The van der Waals surface area contributed by atoms with Crippen LogP contribution in [0.4, 0.5) is 0 Å². The van der Waals surface area contributed by atoms with Crippen LogP contribution in [0.2, 0.25) is 0 Å². The zero-order valence-electron chi connectivity index (χ0n) is 17.0. The third-order valence-corrected chi connectivity index (χ3v) is 7.30. The molecule has 1 aliphatic rings. The fourth-order valence-electron chi connectivity index (χ4n) is 3.22. The summed E-state index contributed by atoms with van der Waals surface area (Å²) in [5.74, 6) is -0.653. The first kappa shape index (κ1) is 22.4. The number of hydrogen-bond acceptors (Lipinski definition) is 5. The molecule has 0 radical (unpaired) electrons. The molecule has 1 aromatic rings. The van der Waals surface area contributed by atoms with E-state index < -0.39 is 16.0 Å². The Morgan fingerprint density at radius 3 is 2.57 bits per heavy atom. The standard InChI is InChI=1S/C20H30N2O5S/c1-14(2)22(4)28(25,26)17-10-7-9-16(12-17)20(24)27-13-19(23)21-18-11-6-5-8-15(18)3/h7,9-10,12,14-15,18H,5-6,8,11,13H2,1-4H3,(H,21,23). The molecule has 1 fully saturated rings. The highest BCUT2D eigenvalue weighted by atomic mass is 32.2. The summed E-state index contributed by atoms with van der Waals surface area (Å²) in [5, 5.41) is 2.92. The number of benzene rings is 1. The van der Waals surface area contributed by atoms with E-state index in [0.29, 0.717) is 5.92 Å². The largest absolute Gasteiger partial charge is 0.452 e. The van der Waals surface area contributed by atoms with Crippen LogP contribution in [0.15, 0.2) is 29.2 Å². The third-order valence-electron chi connectivity index (χ3n) is 5.27. The van der Waals surface area contributed by atoms with E-state index in [2.05, 4.69) is 12.2 Å². The number of nitrogens with zero attached hydrogens (tertiary/aromatic N) is 1. The monoisotopic (exact) mass is 410 g/mol. The van der Waals surface area contributed by atoms with E-state index in [1.54, 1.807) is 13.8 Å². The summed E-state index contributed by atoms with van der Waals surface area (Å²) in [6.07, 6.45) is 4.27. The third kappa shape index (κ3) is 5.54. The van der Waals surface area contributed by atoms with Gasteiger partial charge >= 0.3 is 5.97 Å². The Morgan fingerprint density at radius 2 is 1.93 bits per heavy atom. The second-order valence-corrected chi connectivity index (χ2v) is 9.65. The van der Waals surface area contributed by atoms with Gasteiger partial charge in [0, 0.05) is 19.1 Å². The van der Waals surface area contributed by atoms with Crippen LogP contribution in [-0.2, 0) is 19.6 Å². The van der Waals surface area contributed by atoms with Crippen LogP contribution >= 0.6 is 0 Å². The lowest BCUT2D eigenvalue weighted by Gasteiger charge is -2.29. The average Bonchev–Trinajstić information content (AvgIpc) is 2.67. The molecule has 1 amide bonds. The fourth-order valence-corrected chi connectivity index (χ4v) is 4.63. The minimum atomic E-state index is -3.70. The predicted molar refractivity (Wildman–Crippen MR) is 106 cm³/mol. The van der Waals surface area contributed by atoms with Gasteiger partial charge in [0.1, 0.15) is 0 Å². The van der Waals surface area contributed by atoms with Gasteiger partial charge in [-0.25, -0.2) is 13.2 Å². The van der Waals surface area contributed by atoms with Crippen molar-refractivity contribution >= 4 is 21.9 Å². The summed E-state index contributed by atoms with van der Waals surface area (Å²) in [6.45, 7) is 5.25. The Kier molecular flexibility index (Phi) is 7.60. The number of carbonyl (C=O) groups is 2. The van der Waals surface area contributed by atoms with E-state index in [0.717, 1.165) is 19.3 Å². The molecular weight excluding hydrogens is 380 g/mol. The maximum Gasteiger partial charge on any atom is 0.338 e. The van der Waals surface area contributed by atoms with Crippen LogP contribution in [0.3, 0.4) is 0 Å². The first-order chi connectivity index (χ1) is 13.1. The van der Waals surface area contributed by atoms with Gasteiger partial charge < -0.3 is 10.1 Å². The summed E-state index contributed by atoms with van der Waals surface area (Å²) >= 11 is 0. The molecule has 2 atom stereocenters. The van der Waals surface area contributed by atoms with Gasteiger partial charge in [0.2, 0.25) is 10.0 Å². The van der Waals surface area contributed by atoms with Crippen LogP contribution in [0.5, 0.6) is 0 Å². The highest BCUT2D eigenvalue weighted by Crippen LogP contribution is 2.23. The number of sulfonamides is 1. The number of ether oxygens (including phenoxy) is 1. The maximum atomic E-state index is 12.6. The normalized spacial score (nSPS) is 20.2. The lowest BCUT2D eigenvalue weighted by Crippen LogP contribution is -2.42. The lowest BCUT2D eigenvalue weighted by atomic mass is 9.86. The van der Waals surface area contributed by atoms with E-state index in [4.69, 9.17) is 4.74 Å². The minimum Gasteiger partial charge on any atom is -0.452 e. The van der Waals surface area contributed by atoms with Crippen molar-refractivity contribution in [3.63, 3.8) is 0 Å². The molecule has 28 heavy (non-hydrogen) atoms. The van der Waals surface area contributed by atoms with Gasteiger partial charge in [0.15, 0.2) is 6.61 Å². The zero-order chi connectivity index (χ0) is 20.9. The fraction of sp³-hybridized carbons (Fsp3) is 0.600. The number of amides is 1. The van der Waals surface area contributed by atoms with Gasteiger partial charge in [-0.2, -0.15) is 4.31 Å². The molecule has 1 saturated carbocycles. The Labute approximate surface area is 167 Å². The molecule has 0 aromatic heterocycles. The summed E-state index contributed by atoms with van der Waals surface area (Å²) in [5.41, 5.74) is 0.0945. The second-order valence-electron chi connectivity index (χ2n) is 7.65. The van der Waals surface area contributed by atoms with E-state index >= 15 is 0 Å². The zero-order valence-corrected chi connectivity index (χ0v) is 17.8. The predicted octanol–water partition coefficient (Wildman–Crippen LogP) is 2.57. The van der Waals surface area contributed by atoms with E-state index in [9.17, 15) is 18.0 Å². The van der Waals surface area contributed by atoms with Crippen LogP contribution in [0, 0.1) is 5.92 Å². The molecule has 1 N–H and O–H groups in total. The molecule has 0 heterocycles. The quantitative estimate of drug-likeness (QED) is 0.698. The summed E-state index contributed by atoms with van der Waals surface area (Å²) < 4.78 is 31.5. The van der Waals surface area contributed by atoms with Crippen LogP contribution < -0.4 is 5.32 Å². The topological polar surface area (TPSA) is 92.8 Å². The highest BCUT2D eigenvalue weighted by molar-refractivity contribution is 7.89. The van der Waals surface area contributed by atoms with Gasteiger partial charge in [-0.15, -0.1) is 0 Å². The molecule has 156 valence electrons. The summed E-state index contributed by atoms with van der Waals surface area (Å²) in [6, 6.07) is 5.56. The molecule has 0 bridgehead atoms. The summed E-state index contributed by atoms with van der Waals surface area (Å²) in [4.78, 5) is 24.4. The number of hydrogen-bond donors (Lipinski definition) is 1.